The Morgan fingerprint density at radius 2 is 1.92 bits per heavy atom. The number of carbonyl (C=O) groups excluding carboxylic acids is 1. The Morgan fingerprint density at radius 3 is 2.50 bits per heavy atom. The van der Waals surface area contributed by atoms with Crippen LogP contribution in [0.5, 0.6) is 0 Å². The van der Waals surface area contributed by atoms with Gasteiger partial charge in [-0.3, -0.25) is 9.69 Å². The highest BCUT2D eigenvalue weighted by atomic mass is 16.1. The number of hydrogen-bond donors (Lipinski definition) is 3. The minimum Gasteiger partial charge on any atom is -0.360 e. The van der Waals surface area contributed by atoms with Gasteiger partial charge in [0.2, 0.25) is 0 Å². The minimum absolute atomic E-state index is 0.0956. The van der Waals surface area contributed by atoms with Crippen molar-refractivity contribution in [3.8, 4) is 6.07 Å². The number of amides is 1. The highest BCUT2D eigenvalue weighted by Gasteiger charge is 2.12. The van der Waals surface area contributed by atoms with Crippen LogP contribution in [-0.2, 0) is 17.6 Å². The maximum absolute atomic E-state index is 12.3. The number of nitriles is 1. The zero-order valence-corrected chi connectivity index (χ0v) is 15.8. The molecule has 3 N–H and O–H groups in total. The SMILES string of the molecule is CCc1cccc(CC)c1N/C=C(/C#N)C(=O)NCCN1CCNCC1. The molecular formula is C20H29N5O. The van der Waals surface area contributed by atoms with Gasteiger partial charge in [0, 0.05) is 51.2 Å². The first-order valence-electron chi connectivity index (χ1n) is 9.38. The normalized spacial score (nSPS) is 15.3. The van der Waals surface area contributed by atoms with E-state index in [1.807, 2.05) is 12.1 Å². The molecule has 0 aliphatic carbocycles. The number of anilines is 1. The van der Waals surface area contributed by atoms with Crippen molar-refractivity contribution in [2.75, 3.05) is 44.6 Å². The molecule has 0 radical (unpaired) electrons. The number of rotatable bonds is 8. The third kappa shape index (κ3) is 5.58. The lowest BCUT2D eigenvalue weighted by Crippen LogP contribution is -2.46. The van der Waals surface area contributed by atoms with Crippen LogP contribution in [0.2, 0.25) is 0 Å². The van der Waals surface area contributed by atoms with E-state index in [1.165, 1.54) is 17.3 Å². The third-order valence-corrected chi connectivity index (χ3v) is 4.65. The van der Waals surface area contributed by atoms with Crippen LogP contribution in [0.15, 0.2) is 30.0 Å². The van der Waals surface area contributed by atoms with Crippen molar-refractivity contribution in [2.45, 2.75) is 26.7 Å². The molecule has 0 unspecified atom stereocenters. The predicted octanol–water partition coefficient (Wildman–Crippen LogP) is 1.65. The van der Waals surface area contributed by atoms with E-state index in [1.54, 1.807) is 0 Å². The number of benzene rings is 1. The average Bonchev–Trinajstić information content (AvgIpc) is 2.69. The maximum atomic E-state index is 12.3. The van der Waals surface area contributed by atoms with E-state index < -0.39 is 0 Å². The second-order valence-corrected chi connectivity index (χ2v) is 6.32. The monoisotopic (exact) mass is 355 g/mol. The molecule has 1 heterocycles. The molecule has 140 valence electrons. The van der Waals surface area contributed by atoms with Gasteiger partial charge in [-0.2, -0.15) is 5.26 Å². The molecule has 0 atom stereocenters. The third-order valence-electron chi connectivity index (χ3n) is 4.65. The van der Waals surface area contributed by atoms with Crippen LogP contribution in [0.3, 0.4) is 0 Å². The molecule has 1 aliphatic rings. The predicted molar refractivity (Wildman–Crippen MR) is 105 cm³/mol. The summed E-state index contributed by atoms with van der Waals surface area (Å²) in [7, 11) is 0. The van der Waals surface area contributed by atoms with Crippen LogP contribution in [-0.4, -0.2) is 50.1 Å². The molecule has 6 nitrogen and oxygen atoms in total. The van der Waals surface area contributed by atoms with E-state index in [-0.39, 0.29) is 11.5 Å². The highest BCUT2D eigenvalue weighted by molar-refractivity contribution is 5.97. The Bertz CT molecular complexity index is 649. The lowest BCUT2D eigenvalue weighted by molar-refractivity contribution is -0.117. The molecule has 1 aromatic carbocycles. The van der Waals surface area contributed by atoms with Gasteiger partial charge < -0.3 is 16.0 Å². The molecule has 0 spiro atoms. The van der Waals surface area contributed by atoms with E-state index in [4.69, 9.17) is 0 Å². The summed E-state index contributed by atoms with van der Waals surface area (Å²) in [6.45, 7) is 9.49. The van der Waals surface area contributed by atoms with Crippen molar-refractivity contribution < 1.29 is 4.79 Å². The lowest BCUT2D eigenvalue weighted by Gasteiger charge is -2.27. The van der Waals surface area contributed by atoms with Gasteiger partial charge in [-0.25, -0.2) is 0 Å². The summed E-state index contributed by atoms with van der Waals surface area (Å²) in [5, 5.41) is 18.7. The van der Waals surface area contributed by atoms with E-state index >= 15 is 0 Å². The quantitative estimate of drug-likeness (QED) is 0.488. The second kappa shape index (κ2) is 10.6. The van der Waals surface area contributed by atoms with Gasteiger partial charge in [0.1, 0.15) is 11.6 Å². The summed E-state index contributed by atoms with van der Waals surface area (Å²) >= 11 is 0. The largest absolute Gasteiger partial charge is 0.360 e. The molecule has 0 bridgehead atoms. The number of hydrogen-bond acceptors (Lipinski definition) is 5. The number of aryl methyl sites for hydroxylation is 2. The van der Waals surface area contributed by atoms with E-state index in [0.29, 0.717) is 6.54 Å². The van der Waals surface area contributed by atoms with E-state index in [2.05, 4.69) is 46.8 Å². The summed E-state index contributed by atoms with van der Waals surface area (Å²) < 4.78 is 0. The summed E-state index contributed by atoms with van der Waals surface area (Å²) in [6, 6.07) is 8.17. The number of carbonyl (C=O) groups is 1. The van der Waals surface area contributed by atoms with E-state index in [9.17, 15) is 10.1 Å². The summed E-state index contributed by atoms with van der Waals surface area (Å²) in [5.74, 6) is -0.331. The topological polar surface area (TPSA) is 80.2 Å². The fourth-order valence-corrected chi connectivity index (χ4v) is 3.08. The van der Waals surface area contributed by atoms with Gasteiger partial charge >= 0.3 is 0 Å². The molecule has 1 aromatic rings. The fourth-order valence-electron chi connectivity index (χ4n) is 3.08. The van der Waals surface area contributed by atoms with Crippen molar-refractivity contribution in [1.29, 1.82) is 5.26 Å². The first kappa shape index (κ1) is 20.0. The van der Waals surface area contributed by atoms with E-state index in [0.717, 1.165) is 51.3 Å². The van der Waals surface area contributed by atoms with Crippen molar-refractivity contribution in [2.24, 2.45) is 0 Å². The smallest absolute Gasteiger partial charge is 0.263 e. The minimum atomic E-state index is -0.331. The Kier molecular flexibility index (Phi) is 8.13. The number of nitrogens with one attached hydrogen (secondary N) is 3. The first-order valence-corrected chi connectivity index (χ1v) is 9.38. The Hall–Kier alpha value is -2.36. The van der Waals surface area contributed by atoms with Gasteiger partial charge in [0.05, 0.1) is 0 Å². The van der Waals surface area contributed by atoms with Crippen LogP contribution in [0.25, 0.3) is 0 Å². The maximum Gasteiger partial charge on any atom is 0.263 e. The zero-order chi connectivity index (χ0) is 18.8. The zero-order valence-electron chi connectivity index (χ0n) is 15.8. The van der Waals surface area contributed by atoms with Crippen LogP contribution < -0.4 is 16.0 Å². The first-order chi connectivity index (χ1) is 12.7. The lowest BCUT2D eigenvalue weighted by atomic mass is 10.0. The fraction of sp³-hybridized carbons (Fsp3) is 0.500. The Balaban J connectivity index is 1.95. The average molecular weight is 355 g/mol. The summed E-state index contributed by atoms with van der Waals surface area (Å²) in [6.07, 6.45) is 3.30. The van der Waals surface area contributed by atoms with Crippen molar-refractivity contribution >= 4 is 11.6 Å². The molecule has 2 rings (SSSR count). The molecular weight excluding hydrogens is 326 g/mol. The molecule has 1 saturated heterocycles. The van der Waals surface area contributed by atoms with Crippen molar-refractivity contribution in [3.63, 3.8) is 0 Å². The van der Waals surface area contributed by atoms with Crippen molar-refractivity contribution in [1.82, 2.24) is 15.5 Å². The summed E-state index contributed by atoms with van der Waals surface area (Å²) in [4.78, 5) is 14.6. The molecule has 26 heavy (non-hydrogen) atoms. The van der Waals surface area contributed by atoms with Gasteiger partial charge in [-0.05, 0) is 24.0 Å². The molecule has 0 saturated carbocycles. The molecule has 0 aromatic heterocycles. The molecule has 1 aliphatic heterocycles. The van der Waals surface area contributed by atoms with Crippen LogP contribution >= 0.6 is 0 Å². The molecule has 6 heteroatoms. The van der Waals surface area contributed by atoms with Gasteiger partial charge in [-0.1, -0.05) is 32.0 Å². The Morgan fingerprint density at radius 1 is 1.27 bits per heavy atom. The van der Waals surface area contributed by atoms with Crippen LogP contribution in [0, 0.1) is 11.3 Å². The van der Waals surface area contributed by atoms with Gasteiger partial charge in [0.15, 0.2) is 0 Å². The van der Waals surface area contributed by atoms with Crippen LogP contribution in [0.4, 0.5) is 5.69 Å². The second-order valence-electron chi connectivity index (χ2n) is 6.32. The standard InChI is InChI=1S/C20H29N5O/c1-3-16-6-5-7-17(4-2)19(16)24-15-18(14-21)20(26)23-10-13-25-11-8-22-9-12-25/h5-7,15,22,24H,3-4,8-13H2,1-2H3,(H,23,26)/b18-15-. The highest BCUT2D eigenvalue weighted by Crippen LogP contribution is 2.22. The van der Waals surface area contributed by atoms with Crippen molar-refractivity contribution in [3.05, 3.63) is 41.1 Å². The summed E-state index contributed by atoms with van der Waals surface area (Å²) in [5.41, 5.74) is 3.45. The van der Waals surface area contributed by atoms with Gasteiger partial charge in [-0.15, -0.1) is 0 Å². The number of nitrogens with zero attached hydrogens (tertiary/aromatic N) is 2. The molecule has 1 fully saturated rings. The van der Waals surface area contributed by atoms with Gasteiger partial charge in [0.25, 0.3) is 5.91 Å². The van der Waals surface area contributed by atoms with Crippen LogP contribution in [0.1, 0.15) is 25.0 Å². The molecule has 1 amide bonds. The number of para-hydroxylation sites is 1. The Labute approximate surface area is 156 Å². The number of piperazine rings is 1.